The summed E-state index contributed by atoms with van der Waals surface area (Å²) in [6.07, 6.45) is 3.39. The van der Waals surface area contributed by atoms with Crippen LogP contribution < -0.4 is 5.73 Å². The van der Waals surface area contributed by atoms with Crippen LogP contribution in [0.2, 0.25) is 0 Å². The van der Waals surface area contributed by atoms with Gasteiger partial charge in [-0.25, -0.2) is 0 Å². The molecule has 0 aliphatic carbocycles. The van der Waals surface area contributed by atoms with Crippen LogP contribution in [0.1, 0.15) is 40.0 Å². The first-order valence-electron chi connectivity index (χ1n) is 6.05. The van der Waals surface area contributed by atoms with Crippen molar-refractivity contribution in [3.05, 3.63) is 0 Å². The fourth-order valence-electron chi connectivity index (χ4n) is 2.13. The Bertz CT molecular complexity index is 189. The lowest BCUT2D eigenvalue weighted by Crippen LogP contribution is -2.40. The molecular weight excluding hydrogens is 188 g/mol. The van der Waals surface area contributed by atoms with Gasteiger partial charge in [0.25, 0.3) is 0 Å². The summed E-state index contributed by atoms with van der Waals surface area (Å²) in [6, 6.07) is 0.634. The number of likely N-dealkylation sites (tertiary alicyclic amines) is 1. The van der Waals surface area contributed by atoms with Gasteiger partial charge in [-0.15, -0.1) is 0 Å². The topological polar surface area (TPSA) is 49.5 Å². The minimum atomic E-state index is 0.189. The second kappa shape index (κ2) is 5.28. The molecule has 0 spiro atoms. The summed E-state index contributed by atoms with van der Waals surface area (Å²) in [4.78, 5) is 2.38. The minimum Gasteiger partial charge on any atom is -0.395 e. The molecule has 0 radical (unpaired) electrons. The first kappa shape index (κ1) is 12.9. The average Bonchev–Trinajstić information content (AvgIpc) is 2.59. The van der Waals surface area contributed by atoms with E-state index in [2.05, 4.69) is 25.7 Å². The van der Waals surface area contributed by atoms with Crippen LogP contribution in [0.5, 0.6) is 0 Å². The monoisotopic (exact) mass is 214 g/mol. The quantitative estimate of drug-likeness (QED) is 0.739. The molecular formula is C12H26N2O. The number of hydrogen-bond donors (Lipinski definition) is 2. The molecule has 0 aromatic carbocycles. The molecule has 0 aromatic heterocycles. The molecule has 0 amide bonds. The van der Waals surface area contributed by atoms with Crippen molar-refractivity contribution in [1.82, 2.24) is 4.90 Å². The van der Waals surface area contributed by atoms with E-state index in [4.69, 9.17) is 5.73 Å². The molecule has 1 aliphatic heterocycles. The van der Waals surface area contributed by atoms with E-state index in [1.807, 2.05) is 0 Å². The van der Waals surface area contributed by atoms with Crippen molar-refractivity contribution < 1.29 is 5.11 Å². The summed E-state index contributed by atoms with van der Waals surface area (Å²) < 4.78 is 0. The lowest BCUT2D eigenvalue weighted by atomic mass is 9.85. The molecule has 3 nitrogen and oxygen atoms in total. The molecule has 90 valence electrons. The third-order valence-electron chi connectivity index (χ3n) is 3.55. The van der Waals surface area contributed by atoms with Crippen LogP contribution in [0.4, 0.5) is 0 Å². The summed E-state index contributed by atoms with van der Waals surface area (Å²) in [5.41, 5.74) is 6.32. The molecule has 0 aromatic rings. The van der Waals surface area contributed by atoms with Crippen molar-refractivity contribution in [2.75, 3.05) is 19.7 Å². The molecule has 15 heavy (non-hydrogen) atoms. The molecule has 2 atom stereocenters. The predicted molar refractivity (Wildman–Crippen MR) is 63.7 cm³/mol. The van der Waals surface area contributed by atoms with Crippen LogP contribution in [0.25, 0.3) is 0 Å². The van der Waals surface area contributed by atoms with Crippen LogP contribution in [0.15, 0.2) is 0 Å². The fraction of sp³-hybridized carbons (Fsp3) is 1.00. The van der Waals surface area contributed by atoms with Crippen LogP contribution in [-0.2, 0) is 0 Å². The van der Waals surface area contributed by atoms with Crippen molar-refractivity contribution in [3.63, 3.8) is 0 Å². The highest BCUT2D eigenvalue weighted by molar-refractivity contribution is 4.82. The number of rotatable bonds is 4. The highest BCUT2D eigenvalue weighted by Gasteiger charge is 2.26. The molecule has 3 heteroatoms. The first-order chi connectivity index (χ1) is 6.95. The van der Waals surface area contributed by atoms with Gasteiger partial charge in [-0.3, -0.25) is 4.90 Å². The van der Waals surface area contributed by atoms with Crippen molar-refractivity contribution >= 4 is 0 Å². The van der Waals surface area contributed by atoms with Crippen molar-refractivity contribution in [2.24, 2.45) is 11.1 Å². The average molecular weight is 214 g/mol. The van der Waals surface area contributed by atoms with Crippen LogP contribution >= 0.6 is 0 Å². The third kappa shape index (κ3) is 3.74. The van der Waals surface area contributed by atoms with Gasteiger partial charge in [-0.1, -0.05) is 20.8 Å². The lowest BCUT2D eigenvalue weighted by Gasteiger charge is -2.30. The highest BCUT2D eigenvalue weighted by Crippen LogP contribution is 2.22. The van der Waals surface area contributed by atoms with E-state index >= 15 is 0 Å². The molecule has 1 fully saturated rings. The molecule has 1 saturated heterocycles. The van der Waals surface area contributed by atoms with Gasteiger partial charge in [0, 0.05) is 18.6 Å². The van der Waals surface area contributed by atoms with E-state index in [1.54, 1.807) is 0 Å². The van der Waals surface area contributed by atoms with E-state index < -0.39 is 0 Å². The van der Waals surface area contributed by atoms with E-state index in [9.17, 15) is 5.11 Å². The standard InChI is InChI=1S/C12H26N2O/c1-12(2,3)11(13)6-8-14-7-4-5-10(14)9-15/h10-11,15H,4-9,13H2,1-3H3. The SMILES string of the molecule is CC(C)(C)C(N)CCN1CCCC1CO. The Morgan fingerprint density at radius 3 is 2.67 bits per heavy atom. The van der Waals surface area contributed by atoms with Gasteiger partial charge in [0.05, 0.1) is 6.61 Å². The van der Waals surface area contributed by atoms with Crippen molar-refractivity contribution in [2.45, 2.75) is 52.1 Å². The summed E-state index contributed by atoms with van der Waals surface area (Å²) in [6.45, 7) is 9.01. The predicted octanol–water partition coefficient (Wildman–Crippen LogP) is 1.21. The zero-order valence-corrected chi connectivity index (χ0v) is 10.4. The Kier molecular flexibility index (Phi) is 4.56. The Morgan fingerprint density at radius 1 is 1.47 bits per heavy atom. The molecule has 1 rings (SSSR count). The van der Waals surface area contributed by atoms with Gasteiger partial charge >= 0.3 is 0 Å². The second-order valence-electron chi connectivity index (χ2n) is 5.78. The maximum absolute atomic E-state index is 9.19. The van der Waals surface area contributed by atoms with Gasteiger partial charge < -0.3 is 10.8 Å². The summed E-state index contributed by atoms with van der Waals surface area (Å²) in [5, 5.41) is 9.19. The van der Waals surface area contributed by atoms with Crippen LogP contribution in [-0.4, -0.2) is 41.8 Å². The normalized spacial score (nSPS) is 25.8. The molecule has 0 saturated carbocycles. The Morgan fingerprint density at radius 2 is 2.13 bits per heavy atom. The van der Waals surface area contributed by atoms with E-state index in [0.717, 1.165) is 25.9 Å². The van der Waals surface area contributed by atoms with E-state index in [-0.39, 0.29) is 11.5 Å². The number of hydrogen-bond acceptors (Lipinski definition) is 3. The van der Waals surface area contributed by atoms with Crippen molar-refractivity contribution in [3.8, 4) is 0 Å². The molecule has 1 heterocycles. The number of nitrogens with two attached hydrogens (primary N) is 1. The molecule has 0 bridgehead atoms. The van der Waals surface area contributed by atoms with Crippen LogP contribution in [0, 0.1) is 5.41 Å². The molecule has 1 aliphatic rings. The number of nitrogens with zero attached hydrogens (tertiary/aromatic N) is 1. The van der Waals surface area contributed by atoms with Crippen LogP contribution in [0.3, 0.4) is 0 Å². The third-order valence-corrected chi connectivity index (χ3v) is 3.55. The first-order valence-corrected chi connectivity index (χ1v) is 6.05. The fourth-order valence-corrected chi connectivity index (χ4v) is 2.13. The number of aliphatic hydroxyl groups excluding tert-OH is 1. The van der Waals surface area contributed by atoms with Gasteiger partial charge in [0.2, 0.25) is 0 Å². The summed E-state index contributed by atoms with van der Waals surface area (Å²) >= 11 is 0. The van der Waals surface area contributed by atoms with Gasteiger partial charge in [-0.2, -0.15) is 0 Å². The Hall–Kier alpha value is -0.120. The van der Waals surface area contributed by atoms with Gasteiger partial charge in [0.1, 0.15) is 0 Å². The maximum atomic E-state index is 9.19. The number of aliphatic hydroxyl groups is 1. The highest BCUT2D eigenvalue weighted by atomic mass is 16.3. The van der Waals surface area contributed by atoms with Crippen molar-refractivity contribution in [1.29, 1.82) is 0 Å². The van der Waals surface area contributed by atoms with E-state index in [1.165, 1.54) is 6.42 Å². The van der Waals surface area contributed by atoms with Gasteiger partial charge in [-0.05, 0) is 31.2 Å². The summed E-state index contributed by atoms with van der Waals surface area (Å²) in [7, 11) is 0. The Labute approximate surface area is 93.6 Å². The summed E-state index contributed by atoms with van der Waals surface area (Å²) in [5.74, 6) is 0. The van der Waals surface area contributed by atoms with Gasteiger partial charge in [0.15, 0.2) is 0 Å². The largest absolute Gasteiger partial charge is 0.395 e. The molecule has 3 N–H and O–H groups in total. The van der Waals surface area contributed by atoms with E-state index in [0.29, 0.717) is 12.6 Å². The second-order valence-corrected chi connectivity index (χ2v) is 5.78. The minimum absolute atomic E-state index is 0.189. The zero-order valence-electron chi connectivity index (χ0n) is 10.4. The Balaban J connectivity index is 2.30. The lowest BCUT2D eigenvalue weighted by molar-refractivity contribution is 0.148. The zero-order chi connectivity index (χ0) is 11.5. The smallest absolute Gasteiger partial charge is 0.0586 e. The maximum Gasteiger partial charge on any atom is 0.0586 e. The molecule has 2 unspecified atom stereocenters.